The third-order valence-electron chi connectivity index (χ3n) is 3.97. The number of hydrogen-bond donors (Lipinski definition) is 1. The molecule has 1 aromatic rings. The highest BCUT2D eigenvalue weighted by Gasteiger charge is 2.33. The first kappa shape index (κ1) is 15.5. The van der Waals surface area contributed by atoms with Crippen molar-refractivity contribution >= 4 is 10.0 Å². The molecule has 5 heteroatoms. The lowest BCUT2D eigenvalue weighted by Gasteiger charge is -2.34. The van der Waals surface area contributed by atoms with Crippen molar-refractivity contribution in [1.29, 1.82) is 0 Å². The lowest BCUT2D eigenvalue weighted by Crippen LogP contribution is -2.43. The SMILES string of the molecule is CCC1CCCCN1S(=O)(=O)c1ccccc1CNC. The number of piperidine rings is 1. The van der Waals surface area contributed by atoms with Crippen LogP contribution in [-0.4, -0.2) is 32.4 Å². The quantitative estimate of drug-likeness (QED) is 0.907. The van der Waals surface area contributed by atoms with Gasteiger partial charge in [-0.05, 0) is 37.9 Å². The fourth-order valence-electron chi connectivity index (χ4n) is 2.92. The summed E-state index contributed by atoms with van der Waals surface area (Å²) in [7, 11) is -1.55. The molecule has 1 atom stereocenters. The lowest BCUT2D eigenvalue weighted by atomic mass is 10.0. The van der Waals surface area contributed by atoms with Gasteiger partial charge in [0.25, 0.3) is 0 Å². The van der Waals surface area contributed by atoms with E-state index < -0.39 is 10.0 Å². The molecule has 0 amide bonds. The van der Waals surface area contributed by atoms with Crippen LogP contribution in [0.1, 0.15) is 38.2 Å². The molecule has 1 N–H and O–H groups in total. The van der Waals surface area contributed by atoms with Crippen molar-refractivity contribution in [2.75, 3.05) is 13.6 Å². The molecule has 0 spiro atoms. The van der Waals surface area contributed by atoms with E-state index in [1.807, 2.05) is 19.2 Å². The Morgan fingerprint density at radius 3 is 2.75 bits per heavy atom. The first-order valence-electron chi connectivity index (χ1n) is 7.35. The molecule has 0 saturated carbocycles. The molecule has 0 radical (unpaired) electrons. The maximum absolute atomic E-state index is 13.0. The fraction of sp³-hybridized carbons (Fsp3) is 0.600. The molecule has 2 rings (SSSR count). The summed E-state index contributed by atoms with van der Waals surface area (Å²) in [6, 6.07) is 7.45. The van der Waals surface area contributed by atoms with Crippen LogP contribution in [0.25, 0.3) is 0 Å². The Kier molecular flexibility index (Phi) is 5.18. The summed E-state index contributed by atoms with van der Waals surface area (Å²) in [6.07, 6.45) is 3.95. The van der Waals surface area contributed by atoms with Gasteiger partial charge in [0.05, 0.1) is 4.90 Å². The average molecular weight is 296 g/mol. The maximum atomic E-state index is 13.0. The standard InChI is InChI=1S/C15H24N2O2S/c1-3-14-9-6-7-11-17(14)20(18,19)15-10-5-4-8-13(15)12-16-2/h4-5,8,10,14,16H,3,6-7,9,11-12H2,1-2H3. The Morgan fingerprint density at radius 1 is 1.30 bits per heavy atom. The number of sulfonamides is 1. The maximum Gasteiger partial charge on any atom is 0.243 e. The molecule has 0 aromatic heterocycles. The number of benzene rings is 1. The second-order valence-corrected chi connectivity index (χ2v) is 7.17. The summed E-state index contributed by atoms with van der Waals surface area (Å²) in [5, 5.41) is 3.04. The van der Waals surface area contributed by atoms with E-state index in [4.69, 9.17) is 0 Å². The van der Waals surface area contributed by atoms with E-state index in [1.54, 1.807) is 16.4 Å². The first-order valence-corrected chi connectivity index (χ1v) is 8.79. The molecule has 0 bridgehead atoms. The van der Waals surface area contributed by atoms with E-state index in [0.717, 1.165) is 31.2 Å². The van der Waals surface area contributed by atoms with Gasteiger partial charge in [-0.1, -0.05) is 31.5 Å². The Bertz CT molecular complexity index is 543. The van der Waals surface area contributed by atoms with Crippen molar-refractivity contribution in [2.24, 2.45) is 0 Å². The van der Waals surface area contributed by atoms with Crippen molar-refractivity contribution in [3.8, 4) is 0 Å². The molecule has 1 unspecified atom stereocenters. The van der Waals surface area contributed by atoms with Gasteiger partial charge in [0, 0.05) is 19.1 Å². The van der Waals surface area contributed by atoms with Crippen LogP contribution < -0.4 is 5.32 Å². The van der Waals surface area contributed by atoms with Crippen molar-refractivity contribution in [1.82, 2.24) is 9.62 Å². The van der Waals surface area contributed by atoms with Crippen LogP contribution in [0.2, 0.25) is 0 Å². The molecule has 1 heterocycles. The largest absolute Gasteiger partial charge is 0.316 e. The summed E-state index contributed by atoms with van der Waals surface area (Å²) in [5.74, 6) is 0. The average Bonchev–Trinajstić information content (AvgIpc) is 2.48. The van der Waals surface area contributed by atoms with Gasteiger partial charge in [-0.2, -0.15) is 4.31 Å². The predicted molar refractivity (Wildman–Crippen MR) is 81.0 cm³/mol. The molecular weight excluding hydrogens is 272 g/mol. The Morgan fingerprint density at radius 2 is 2.05 bits per heavy atom. The second-order valence-electron chi connectivity index (χ2n) is 5.31. The Hall–Kier alpha value is -0.910. The minimum absolute atomic E-state index is 0.149. The van der Waals surface area contributed by atoms with Crippen LogP contribution in [0.3, 0.4) is 0 Å². The summed E-state index contributed by atoms with van der Waals surface area (Å²) < 4.78 is 27.6. The zero-order chi connectivity index (χ0) is 14.6. The van der Waals surface area contributed by atoms with Crippen LogP contribution in [0, 0.1) is 0 Å². The van der Waals surface area contributed by atoms with Crippen LogP contribution in [0.15, 0.2) is 29.2 Å². The predicted octanol–water partition coefficient (Wildman–Crippen LogP) is 2.36. The molecular formula is C15H24N2O2S. The van der Waals surface area contributed by atoms with E-state index >= 15 is 0 Å². The van der Waals surface area contributed by atoms with Gasteiger partial charge in [0.15, 0.2) is 0 Å². The van der Waals surface area contributed by atoms with E-state index in [-0.39, 0.29) is 6.04 Å². The van der Waals surface area contributed by atoms with Gasteiger partial charge < -0.3 is 5.32 Å². The number of nitrogens with zero attached hydrogens (tertiary/aromatic N) is 1. The molecule has 0 aliphatic carbocycles. The van der Waals surface area contributed by atoms with Gasteiger partial charge in [-0.25, -0.2) is 8.42 Å². The fourth-order valence-corrected chi connectivity index (χ4v) is 4.91. The monoisotopic (exact) mass is 296 g/mol. The normalized spacial score (nSPS) is 21.0. The van der Waals surface area contributed by atoms with E-state index in [1.165, 1.54) is 0 Å². The summed E-state index contributed by atoms with van der Waals surface area (Å²) in [6.45, 7) is 3.28. The van der Waals surface area contributed by atoms with Crippen molar-refractivity contribution in [2.45, 2.75) is 50.1 Å². The van der Waals surface area contributed by atoms with Gasteiger partial charge in [-0.15, -0.1) is 0 Å². The minimum Gasteiger partial charge on any atom is -0.316 e. The highest BCUT2D eigenvalue weighted by Crippen LogP contribution is 2.28. The van der Waals surface area contributed by atoms with Crippen LogP contribution in [0.4, 0.5) is 0 Å². The third kappa shape index (κ3) is 3.05. The third-order valence-corrected chi connectivity index (χ3v) is 6.02. The zero-order valence-corrected chi connectivity index (χ0v) is 13.1. The minimum atomic E-state index is -3.38. The van der Waals surface area contributed by atoms with Crippen molar-refractivity contribution in [3.05, 3.63) is 29.8 Å². The number of hydrogen-bond acceptors (Lipinski definition) is 3. The number of nitrogens with one attached hydrogen (secondary N) is 1. The summed E-state index contributed by atoms with van der Waals surface area (Å²) in [5.41, 5.74) is 0.843. The zero-order valence-electron chi connectivity index (χ0n) is 12.3. The summed E-state index contributed by atoms with van der Waals surface area (Å²) >= 11 is 0. The van der Waals surface area contributed by atoms with Gasteiger partial charge in [0.2, 0.25) is 10.0 Å². The topological polar surface area (TPSA) is 49.4 Å². The van der Waals surface area contributed by atoms with Gasteiger partial charge in [-0.3, -0.25) is 0 Å². The van der Waals surface area contributed by atoms with E-state index in [0.29, 0.717) is 18.0 Å². The highest BCUT2D eigenvalue weighted by molar-refractivity contribution is 7.89. The van der Waals surface area contributed by atoms with E-state index in [9.17, 15) is 8.42 Å². The van der Waals surface area contributed by atoms with Gasteiger partial charge >= 0.3 is 0 Å². The van der Waals surface area contributed by atoms with Crippen LogP contribution in [-0.2, 0) is 16.6 Å². The highest BCUT2D eigenvalue weighted by atomic mass is 32.2. The molecule has 1 saturated heterocycles. The molecule has 20 heavy (non-hydrogen) atoms. The van der Waals surface area contributed by atoms with Crippen LogP contribution >= 0.6 is 0 Å². The molecule has 4 nitrogen and oxygen atoms in total. The van der Waals surface area contributed by atoms with E-state index in [2.05, 4.69) is 12.2 Å². The Balaban J connectivity index is 2.38. The Labute approximate surface area is 122 Å². The van der Waals surface area contributed by atoms with Gasteiger partial charge in [0.1, 0.15) is 0 Å². The second kappa shape index (κ2) is 6.70. The first-order chi connectivity index (χ1) is 9.61. The molecule has 1 aliphatic rings. The molecule has 1 aliphatic heterocycles. The van der Waals surface area contributed by atoms with Crippen LogP contribution in [0.5, 0.6) is 0 Å². The number of rotatable bonds is 5. The molecule has 112 valence electrons. The lowest BCUT2D eigenvalue weighted by molar-refractivity contribution is 0.246. The molecule has 1 fully saturated rings. The van der Waals surface area contributed by atoms with Crippen molar-refractivity contribution in [3.63, 3.8) is 0 Å². The molecule has 1 aromatic carbocycles. The smallest absolute Gasteiger partial charge is 0.243 e. The summed E-state index contributed by atoms with van der Waals surface area (Å²) in [4.78, 5) is 0.453. The van der Waals surface area contributed by atoms with Crippen molar-refractivity contribution < 1.29 is 8.42 Å².